The van der Waals surface area contributed by atoms with Gasteiger partial charge in [-0.05, 0) is 68.1 Å². The molecular weight excluding hydrogens is 389 g/mol. The van der Waals surface area contributed by atoms with Gasteiger partial charge in [0.15, 0.2) is 0 Å². The molecule has 140 valence electrons. The van der Waals surface area contributed by atoms with Crippen LogP contribution in [0.25, 0.3) is 0 Å². The molecule has 2 aliphatic heterocycles. The molecule has 0 radical (unpaired) electrons. The predicted octanol–water partition coefficient (Wildman–Crippen LogP) is 6.15. The van der Waals surface area contributed by atoms with Crippen molar-refractivity contribution in [3.8, 4) is 0 Å². The fraction of sp³-hybridized carbons (Fsp3) is 0.429. The molecule has 2 aromatic carbocycles. The van der Waals surface area contributed by atoms with Crippen molar-refractivity contribution in [3.05, 3.63) is 69.7 Å². The second-order valence-corrected chi connectivity index (χ2v) is 8.14. The fourth-order valence-corrected chi connectivity index (χ4v) is 4.54. The van der Waals surface area contributed by atoms with Crippen LogP contribution >= 0.6 is 35.6 Å². The molecule has 0 aromatic heterocycles. The Morgan fingerprint density at radius 3 is 1.69 bits per heavy atom. The van der Waals surface area contributed by atoms with E-state index in [2.05, 4.69) is 36.2 Å². The van der Waals surface area contributed by atoms with Crippen LogP contribution in [0.2, 0.25) is 10.0 Å². The van der Waals surface area contributed by atoms with Crippen LogP contribution in [0.1, 0.15) is 42.9 Å². The lowest BCUT2D eigenvalue weighted by Crippen LogP contribution is -2.43. The first-order valence-corrected chi connectivity index (χ1v) is 9.74. The van der Waals surface area contributed by atoms with Crippen molar-refractivity contribution in [2.24, 2.45) is 0 Å². The summed E-state index contributed by atoms with van der Waals surface area (Å²) in [5.41, 5.74) is 2.27. The molecule has 2 atom stereocenters. The lowest BCUT2D eigenvalue weighted by molar-refractivity contribution is -0.0426. The molecule has 2 fully saturated rings. The molecule has 0 spiro atoms. The van der Waals surface area contributed by atoms with Crippen LogP contribution < -0.4 is 0 Å². The summed E-state index contributed by atoms with van der Waals surface area (Å²) in [6.07, 6.45) is 5.05. The van der Waals surface area contributed by atoms with Crippen molar-refractivity contribution in [1.82, 2.24) is 4.90 Å². The van der Waals surface area contributed by atoms with Gasteiger partial charge in [-0.2, -0.15) is 0 Å². The molecule has 0 N–H and O–H groups in total. The molecule has 0 saturated carbocycles. The molecule has 2 unspecified atom stereocenters. The minimum absolute atomic E-state index is 0. The largest absolute Gasteiger partial charge is 0.365 e. The average Bonchev–Trinajstić information content (AvgIpc) is 2.83. The highest BCUT2D eigenvalue weighted by molar-refractivity contribution is 6.30. The van der Waals surface area contributed by atoms with E-state index in [1.807, 2.05) is 24.3 Å². The highest BCUT2D eigenvalue weighted by Gasteiger charge is 2.39. The van der Waals surface area contributed by atoms with Crippen molar-refractivity contribution < 1.29 is 4.74 Å². The smallest absolute Gasteiger partial charge is 0.108 e. The molecular formula is C21H24Cl3NO. The van der Waals surface area contributed by atoms with Crippen molar-refractivity contribution in [2.45, 2.75) is 50.0 Å². The van der Waals surface area contributed by atoms with E-state index >= 15 is 0 Å². The third-order valence-corrected chi connectivity index (χ3v) is 6.23. The Balaban J connectivity index is 0.00000196. The number of rotatable bonds is 4. The maximum Gasteiger partial charge on any atom is 0.108 e. The molecule has 26 heavy (non-hydrogen) atoms. The first-order chi connectivity index (χ1) is 12.1. The minimum Gasteiger partial charge on any atom is -0.365 e. The summed E-state index contributed by atoms with van der Waals surface area (Å²) in [4.78, 5) is 2.54. The Bertz CT molecular complexity index is 660. The van der Waals surface area contributed by atoms with Gasteiger partial charge >= 0.3 is 0 Å². The summed E-state index contributed by atoms with van der Waals surface area (Å²) < 4.78 is 6.66. The van der Waals surface area contributed by atoms with E-state index in [0.717, 1.165) is 34.0 Å². The Morgan fingerprint density at radius 2 is 1.27 bits per heavy atom. The van der Waals surface area contributed by atoms with Crippen LogP contribution in [0.4, 0.5) is 0 Å². The van der Waals surface area contributed by atoms with Crippen molar-refractivity contribution in [1.29, 1.82) is 0 Å². The van der Waals surface area contributed by atoms with Gasteiger partial charge in [0.2, 0.25) is 0 Å². The fourth-order valence-electron chi connectivity index (χ4n) is 4.29. The Kier molecular flexibility index (Phi) is 6.53. The first-order valence-electron chi connectivity index (χ1n) is 8.98. The minimum atomic E-state index is -0.0812. The van der Waals surface area contributed by atoms with Crippen LogP contribution in [0, 0.1) is 0 Å². The van der Waals surface area contributed by atoms with Gasteiger partial charge in [-0.15, -0.1) is 12.4 Å². The average molecular weight is 413 g/mol. The summed E-state index contributed by atoms with van der Waals surface area (Å²) in [5, 5.41) is 1.49. The molecule has 0 aliphatic carbocycles. The molecule has 5 heteroatoms. The zero-order valence-electron chi connectivity index (χ0n) is 14.8. The normalized spacial score (nSPS) is 25.3. The number of hydrogen-bond donors (Lipinski definition) is 0. The van der Waals surface area contributed by atoms with Crippen LogP contribution in [-0.4, -0.2) is 30.1 Å². The van der Waals surface area contributed by atoms with Gasteiger partial charge < -0.3 is 9.64 Å². The van der Waals surface area contributed by atoms with Crippen molar-refractivity contribution >= 4 is 35.6 Å². The second-order valence-electron chi connectivity index (χ2n) is 7.26. The Hall–Kier alpha value is -0.770. The zero-order valence-corrected chi connectivity index (χ0v) is 17.1. The third-order valence-electron chi connectivity index (χ3n) is 5.73. The van der Waals surface area contributed by atoms with Gasteiger partial charge in [0.05, 0.1) is 6.10 Å². The quantitative estimate of drug-likeness (QED) is 0.597. The number of halogens is 3. The van der Waals surface area contributed by atoms with E-state index < -0.39 is 0 Å². The number of benzene rings is 2. The number of hydrogen-bond acceptors (Lipinski definition) is 2. The number of nitrogens with zero attached hydrogens (tertiary/aromatic N) is 1. The zero-order chi connectivity index (χ0) is 17.4. The van der Waals surface area contributed by atoms with E-state index in [0.29, 0.717) is 18.2 Å². The van der Waals surface area contributed by atoms with Gasteiger partial charge in [-0.25, -0.2) is 0 Å². The van der Waals surface area contributed by atoms with Crippen LogP contribution in [0.5, 0.6) is 0 Å². The summed E-state index contributed by atoms with van der Waals surface area (Å²) in [5.74, 6) is 0. The van der Waals surface area contributed by atoms with Crippen molar-refractivity contribution in [2.75, 3.05) is 7.05 Å². The molecule has 2 heterocycles. The standard InChI is InChI=1S/C21H23Cl2NO.ClH/c1-24-18-10-11-19(24)13-20(12-18)25-21(14-2-6-16(22)7-3-14)15-4-8-17(23)9-5-15;/h2-9,18-21H,10-13H2,1H3;1H. The van der Waals surface area contributed by atoms with Crippen molar-refractivity contribution in [3.63, 3.8) is 0 Å². The predicted molar refractivity (Wildman–Crippen MR) is 111 cm³/mol. The van der Waals surface area contributed by atoms with E-state index in [1.165, 1.54) is 12.8 Å². The molecule has 2 saturated heterocycles. The van der Waals surface area contributed by atoms with Gasteiger partial charge in [-0.1, -0.05) is 47.5 Å². The summed E-state index contributed by atoms with van der Waals surface area (Å²) >= 11 is 12.1. The van der Waals surface area contributed by atoms with E-state index in [4.69, 9.17) is 27.9 Å². The second kappa shape index (κ2) is 8.50. The third kappa shape index (κ3) is 4.21. The molecule has 2 aliphatic rings. The van der Waals surface area contributed by atoms with Gasteiger partial charge in [0, 0.05) is 22.1 Å². The van der Waals surface area contributed by atoms with E-state index in [9.17, 15) is 0 Å². The number of ether oxygens (including phenoxy) is 1. The SMILES string of the molecule is CN1C2CCC1CC(OC(c1ccc(Cl)cc1)c1ccc(Cl)cc1)C2.Cl. The topological polar surface area (TPSA) is 12.5 Å². The summed E-state index contributed by atoms with van der Waals surface area (Å²) in [6, 6.07) is 17.3. The Labute approximate surface area is 171 Å². The monoisotopic (exact) mass is 411 g/mol. The molecule has 2 bridgehead atoms. The number of fused-ring (bicyclic) bond motifs is 2. The van der Waals surface area contributed by atoms with Crippen LogP contribution in [0.15, 0.2) is 48.5 Å². The molecule has 0 amide bonds. The van der Waals surface area contributed by atoms with Crippen LogP contribution in [0.3, 0.4) is 0 Å². The van der Waals surface area contributed by atoms with Crippen LogP contribution in [-0.2, 0) is 4.74 Å². The summed E-state index contributed by atoms with van der Waals surface area (Å²) in [7, 11) is 2.26. The Morgan fingerprint density at radius 1 is 0.846 bits per heavy atom. The van der Waals surface area contributed by atoms with Gasteiger partial charge in [0.1, 0.15) is 6.10 Å². The lowest BCUT2D eigenvalue weighted by Gasteiger charge is -2.38. The highest BCUT2D eigenvalue weighted by atomic mass is 35.5. The molecule has 2 nitrogen and oxygen atoms in total. The molecule has 2 aromatic rings. The molecule has 4 rings (SSSR count). The van der Waals surface area contributed by atoms with E-state index in [1.54, 1.807) is 0 Å². The van der Waals surface area contributed by atoms with Gasteiger partial charge in [-0.3, -0.25) is 0 Å². The van der Waals surface area contributed by atoms with E-state index in [-0.39, 0.29) is 18.5 Å². The number of piperidine rings is 1. The first kappa shape index (κ1) is 20.0. The summed E-state index contributed by atoms with van der Waals surface area (Å²) in [6.45, 7) is 0. The van der Waals surface area contributed by atoms with Gasteiger partial charge in [0.25, 0.3) is 0 Å². The lowest BCUT2D eigenvalue weighted by atomic mass is 9.97. The maximum absolute atomic E-state index is 6.66. The highest BCUT2D eigenvalue weighted by Crippen LogP contribution is 2.39. The maximum atomic E-state index is 6.66.